The summed E-state index contributed by atoms with van der Waals surface area (Å²) in [6.07, 6.45) is 1.56. The van der Waals surface area contributed by atoms with E-state index in [1.54, 1.807) is 12.3 Å². The van der Waals surface area contributed by atoms with Crippen LogP contribution in [0.5, 0.6) is 5.75 Å². The molecule has 0 unspecified atom stereocenters. The number of nitrogens with zero attached hydrogens (tertiary/aromatic N) is 4. The predicted octanol–water partition coefficient (Wildman–Crippen LogP) is 3.50. The normalized spacial score (nSPS) is 11.5. The first kappa shape index (κ1) is 14.8. The van der Waals surface area contributed by atoms with E-state index in [1.807, 2.05) is 30.3 Å². The quantitative estimate of drug-likeness (QED) is 0.586. The minimum atomic E-state index is 0.148. The lowest BCUT2D eigenvalue weighted by molar-refractivity contribution is 0.475. The van der Waals surface area contributed by atoms with Gasteiger partial charge in [-0.3, -0.25) is 0 Å². The van der Waals surface area contributed by atoms with E-state index in [1.165, 1.54) is 4.68 Å². The van der Waals surface area contributed by atoms with Gasteiger partial charge >= 0.3 is 0 Å². The van der Waals surface area contributed by atoms with Gasteiger partial charge in [-0.1, -0.05) is 30.3 Å². The van der Waals surface area contributed by atoms with Crippen LogP contribution in [0.2, 0.25) is 0 Å². The average Bonchev–Trinajstić information content (AvgIpc) is 2.96. The van der Waals surface area contributed by atoms with Crippen molar-refractivity contribution in [2.24, 2.45) is 5.10 Å². The summed E-state index contributed by atoms with van der Waals surface area (Å²) in [6.45, 7) is 0. The maximum Gasteiger partial charge on any atom is 0.169 e. The van der Waals surface area contributed by atoms with Gasteiger partial charge in [0.15, 0.2) is 11.6 Å². The third-order valence-corrected chi connectivity index (χ3v) is 3.74. The van der Waals surface area contributed by atoms with Gasteiger partial charge in [0.1, 0.15) is 5.75 Å². The molecule has 1 aromatic heterocycles. The summed E-state index contributed by atoms with van der Waals surface area (Å²) in [7, 11) is 0. The Bertz CT molecular complexity index is 823. The molecule has 5 nitrogen and oxygen atoms in total. The smallest absolute Gasteiger partial charge is 0.169 e. The fourth-order valence-electron chi connectivity index (χ4n) is 2.18. The molecule has 0 amide bonds. The van der Waals surface area contributed by atoms with Crippen LogP contribution >= 0.6 is 23.2 Å². The summed E-state index contributed by atoms with van der Waals surface area (Å²) in [6, 6.07) is 11.2. The van der Waals surface area contributed by atoms with Crippen molar-refractivity contribution in [3.8, 4) is 5.75 Å². The van der Waals surface area contributed by atoms with Crippen LogP contribution < -0.4 is 0 Å². The predicted molar refractivity (Wildman–Crippen MR) is 87.7 cm³/mol. The minimum Gasteiger partial charge on any atom is -0.507 e. The zero-order valence-electron chi connectivity index (χ0n) is 11.4. The van der Waals surface area contributed by atoms with Crippen LogP contribution in [0.4, 0.5) is 0 Å². The zero-order chi connectivity index (χ0) is 15.5. The van der Waals surface area contributed by atoms with Crippen LogP contribution in [0, 0.1) is 0 Å². The summed E-state index contributed by atoms with van der Waals surface area (Å²) in [5.41, 5.74) is 0.618. The molecule has 0 bridgehead atoms. The Labute approximate surface area is 136 Å². The number of fused-ring (bicyclic) bond motifs is 1. The number of aromatic nitrogens is 3. The second kappa shape index (κ2) is 6.34. The largest absolute Gasteiger partial charge is 0.507 e. The molecule has 0 atom stereocenters. The molecule has 3 aromatic rings. The molecular weight excluding hydrogens is 323 g/mol. The molecule has 0 saturated heterocycles. The first-order valence-corrected chi connectivity index (χ1v) is 7.61. The number of alkyl halides is 2. The Morgan fingerprint density at radius 2 is 1.73 bits per heavy atom. The maximum absolute atomic E-state index is 10.1. The number of aromatic hydroxyl groups is 1. The second-order valence-electron chi connectivity index (χ2n) is 4.58. The Kier molecular flexibility index (Phi) is 4.27. The fourth-order valence-corrected chi connectivity index (χ4v) is 2.52. The van der Waals surface area contributed by atoms with Gasteiger partial charge < -0.3 is 5.11 Å². The van der Waals surface area contributed by atoms with Crippen molar-refractivity contribution in [2.75, 3.05) is 0 Å². The summed E-state index contributed by atoms with van der Waals surface area (Å²) < 4.78 is 1.49. The van der Waals surface area contributed by atoms with Crippen molar-refractivity contribution >= 4 is 40.2 Å². The van der Waals surface area contributed by atoms with Gasteiger partial charge in [0.05, 0.1) is 18.0 Å². The second-order valence-corrected chi connectivity index (χ2v) is 5.11. The zero-order valence-corrected chi connectivity index (χ0v) is 13.0. The van der Waals surface area contributed by atoms with Gasteiger partial charge in [0.2, 0.25) is 0 Å². The van der Waals surface area contributed by atoms with E-state index < -0.39 is 0 Å². The molecule has 0 aliphatic rings. The highest BCUT2D eigenvalue weighted by molar-refractivity contribution is 6.17. The molecule has 2 aromatic carbocycles. The van der Waals surface area contributed by atoms with E-state index >= 15 is 0 Å². The molecule has 0 spiro atoms. The Balaban J connectivity index is 2.10. The lowest BCUT2D eigenvalue weighted by Crippen LogP contribution is -2.00. The molecule has 112 valence electrons. The molecular formula is C15H12Cl2N4O. The van der Waals surface area contributed by atoms with Crippen LogP contribution in [0.15, 0.2) is 41.5 Å². The highest BCUT2D eigenvalue weighted by atomic mass is 35.5. The summed E-state index contributed by atoms with van der Waals surface area (Å²) in [4.78, 5) is 0. The third kappa shape index (κ3) is 2.65. The number of hydrogen-bond acceptors (Lipinski definition) is 4. The van der Waals surface area contributed by atoms with Gasteiger partial charge in [-0.2, -0.15) is 9.78 Å². The number of rotatable bonds is 4. The van der Waals surface area contributed by atoms with Crippen molar-refractivity contribution < 1.29 is 5.11 Å². The van der Waals surface area contributed by atoms with E-state index in [4.69, 9.17) is 23.2 Å². The summed E-state index contributed by atoms with van der Waals surface area (Å²) in [5, 5.41) is 24.2. The molecule has 0 radical (unpaired) electrons. The van der Waals surface area contributed by atoms with Crippen LogP contribution in [-0.4, -0.2) is 26.2 Å². The van der Waals surface area contributed by atoms with Crippen molar-refractivity contribution in [3.05, 3.63) is 53.6 Å². The van der Waals surface area contributed by atoms with Crippen molar-refractivity contribution in [3.63, 3.8) is 0 Å². The van der Waals surface area contributed by atoms with Gasteiger partial charge in [0.25, 0.3) is 0 Å². The van der Waals surface area contributed by atoms with Crippen molar-refractivity contribution in [2.45, 2.75) is 11.8 Å². The van der Waals surface area contributed by atoms with E-state index in [9.17, 15) is 5.11 Å². The van der Waals surface area contributed by atoms with E-state index in [0.717, 1.165) is 10.8 Å². The molecule has 0 saturated carbocycles. The van der Waals surface area contributed by atoms with E-state index in [-0.39, 0.29) is 17.5 Å². The van der Waals surface area contributed by atoms with E-state index in [0.29, 0.717) is 17.2 Å². The number of benzene rings is 2. The number of phenolic OH excluding ortho intramolecular Hbond substituents is 1. The standard InChI is InChI=1S/C15H12Cl2N4O/c16-7-14-19-20-15(8-17)21(14)18-9-12-11-4-2-1-3-10(11)5-6-13(12)22/h1-6,9,22H,7-8H2/b18-9+. The highest BCUT2D eigenvalue weighted by Gasteiger charge is 2.10. The van der Waals surface area contributed by atoms with E-state index in [2.05, 4.69) is 15.3 Å². The monoisotopic (exact) mass is 334 g/mol. The SMILES string of the molecule is Oc1ccc2ccccc2c1/C=N/n1c(CCl)nnc1CCl. The minimum absolute atomic E-state index is 0.148. The van der Waals surface area contributed by atoms with Crippen LogP contribution in [0.3, 0.4) is 0 Å². The number of hydrogen-bond donors (Lipinski definition) is 1. The molecule has 3 rings (SSSR count). The molecule has 0 fully saturated rings. The molecule has 22 heavy (non-hydrogen) atoms. The van der Waals surface area contributed by atoms with Crippen molar-refractivity contribution in [1.29, 1.82) is 0 Å². The van der Waals surface area contributed by atoms with Crippen molar-refractivity contribution in [1.82, 2.24) is 14.9 Å². The topological polar surface area (TPSA) is 63.3 Å². The van der Waals surface area contributed by atoms with Crippen LogP contribution in [-0.2, 0) is 11.8 Å². The lowest BCUT2D eigenvalue weighted by Gasteiger charge is -2.05. The van der Waals surface area contributed by atoms with Gasteiger partial charge in [-0.15, -0.1) is 33.4 Å². The maximum atomic E-state index is 10.1. The molecule has 1 heterocycles. The molecule has 7 heteroatoms. The number of phenols is 1. The first-order valence-electron chi connectivity index (χ1n) is 6.54. The van der Waals surface area contributed by atoms with Crippen LogP contribution in [0.1, 0.15) is 17.2 Å². The van der Waals surface area contributed by atoms with Gasteiger partial charge in [-0.05, 0) is 16.8 Å². The Morgan fingerprint density at radius 3 is 2.41 bits per heavy atom. The third-order valence-electron chi connectivity index (χ3n) is 3.26. The summed E-state index contributed by atoms with van der Waals surface area (Å²) >= 11 is 11.6. The fraction of sp³-hybridized carbons (Fsp3) is 0.133. The van der Waals surface area contributed by atoms with Gasteiger partial charge in [-0.25, -0.2) is 0 Å². The highest BCUT2D eigenvalue weighted by Crippen LogP contribution is 2.25. The Hall–Kier alpha value is -2.11. The van der Waals surface area contributed by atoms with Crippen LogP contribution in [0.25, 0.3) is 10.8 Å². The first-order chi connectivity index (χ1) is 10.7. The average molecular weight is 335 g/mol. The summed E-state index contributed by atoms with van der Waals surface area (Å²) in [5.74, 6) is 1.47. The van der Waals surface area contributed by atoms with Gasteiger partial charge in [0, 0.05) is 5.56 Å². The number of halogens is 2. The molecule has 0 aliphatic carbocycles. The lowest BCUT2D eigenvalue weighted by atomic mass is 10.0. The molecule has 1 N–H and O–H groups in total. The Morgan fingerprint density at radius 1 is 1.05 bits per heavy atom. The molecule has 0 aliphatic heterocycles.